The summed E-state index contributed by atoms with van der Waals surface area (Å²) >= 11 is 0. The van der Waals surface area contributed by atoms with Crippen molar-refractivity contribution in [3.05, 3.63) is 59.8 Å². The molecule has 6 nitrogen and oxygen atoms in total. The predicted molar refractivity (Wildman–Crippen MR) is 78.1 cm³/mol. The number of amides is 1. The third-order valence-electron chi connectivity index (χ3n) is 3.45. The Morgan fingerprint density at radius 2 is 1.96 bits per heavy atom. The van der Waals surface area contributed by atoms with Crippen molar-refractivity contribution in [3.8, 4) is 0 Å². The fourth-order valence-corrected chi connectivity index (χ4v) is 2.19. The highest BCUT2D eigenvalue weighted by atomic mass is 19.4. The van der Waals surface area contributed by atoms with Gasteiger partial charge in [0.05, 0.1) is 12.2 Å². The summed E-state index contributed by atoms with van der Waals surface area (Å²) in [7, 11) is 0. The van der Waals surface area contributed by atoms with Crippen LogP contribution < -0.4 is 5.32 Å². The molecular weight excluding hydrogens is 323 g/mol. The molecule has 1 N–H and O–H groups in total. The van der Waals surface area contributed by atoms with Crippen molar-refractivity contribution in [2.75, 3.05) is 0 Å². The van der Waals surface area contributed by atoms with E-state index in [1.807, 2.05) is 0 Å². The molecule has 3 aromatic heterocycles. The zero-order valence-electron chi connectivity index (χ0n) is 12.4. The zero-order chi connectivity index (χ0) is 17.3. The Labute approximate surface area is 134 Å². The summed E-state index contributed by atoms with van der Waals surface area (Å²) in [5.74, 6) is -0.418. The van der Waals surface area contributed by atoms with Gasteiger partial charge in [-0.05, 0) is 24.6 Å². The van der Waals surface area contributed by atoms with Crippen LogP contribution in [0.4, 0.5) is 13.2 Å². The highest BCUT2D eigenvalue weighted by Gasteiger charge is 2.32. The lowest BCUT2D eigenvalue weighted by Crippen LogP contribution is -2.28. The van der Waals surface area contributed by atoms with E-state index in [9.17, 15) is 18.0 Å². The van der Waals surface area contributed by atoms with Gasteiger partial charge in [-0.2, -0.15) is 18.3 Å². The first-order valence-corrected chi connectivity index (χ1v) is 6.99. The van der Waals surface area contributed by atoms with Crippen LogP contribution in [0.15, 0.2) is 42.9 Å². The van der Waals surface area contributed by atoms with E-state index in [1.165, 1.54) is 29.0 Å². The van der Waals surface area contributed by atoms with Crippen LogP contribution in [-0.4, -0.2) is 25.5 Å². The van der Waals surface area contributed by atoms with Crippen LogP contribution in [0.5, 0.6) is 0 Å². The number of fused-ring (bicyclic) bond motifs is 1. The number of carbonyl (C=O) groups excluding carboxylic acids is 1. The fourth-order valence-electron chi connectivity index (χ4n) is 2.19. The molecule has 1 atom stereocenters. The van der Waals surface area contributed by atoms with Crippen LogP contribution in [0, 0.1) is 0 Å². The van der Waals surface area contributed by atoms with Gasteiger partial charge in [0, 0.05) is 18.5 Å². The Kier molecular flexibility index (Phi) is 3.92. The number of aromatic nitrogens is 4. The second kappa shape index (κ2) is 5.91. The third kappa shape index (κ3) is 3.05. The van der Waals surface area contributed by atoms with Crippen molar-refractivity contribution >= 4 is 11.6 Å². The molecule has 0 unspecified atom stereocenters. The molecule has 0 spiro atoms. The number of nitrogens with one attached hydrogen (secondary N) is 1. The molecule has 24 heavy (non-hydrogen) atoms. The first kappa shape index (κ1) is 15.9. The van der Waals surface area contributed by atoms with Crippen molar-refractivity contribution in [2.24, 2.45) is 0 Å². The average molecular weight is 335 g/mol. The lowest BCUT2D eigenvalue weighted by molar-refractivity contribution is -0.141. The smallest absolute Gasteiger partial charge is 0.344 e. The molecule has 0 saturated carbocycles. The number of carbonyl (C=O) groups is 1. The normalized spacial score (nSPS) is 13.0. The highest BCUT2D eigenvalue weighted by Crippen LogP contribution is 2.27. The number of halogens is 3. The minimum Gasteiger partial charge on any atom is -0.344 e. The number of hydrogen-bond donors (Lipinski definition) is 1. The molecule has 0 aliphatic carbocycles. The molecule has 124 valence electrons. The van der Waals surface area contributed by atoms with Crippen LogP contribution >= 0.6 is 0 Å². The van der Waals surface area contributed by atoms with Gasteiger partial charge in [-0.25, -0.2) is 9.50 Å². The molecule has 9 heteroatoms. The van der Waals surface area contributed by atoms with Crippen molar-refractivity contribution in [1.29, 1.82) is 0 Å². The monoisotopic (exact) mass is 335 g/mol. The highest BCUT2D eigenvalue weighted by molar-refractivity contribution is 5.93. The first-order valence-electron chi connectivity index (χ1n) is 6.99. The summed E-state index contributed by atoms with van der Waals surface area (Å²) in [5, 5.41) is 6.72. The van der Waals surface area contributed by atoms with E-state index in [2.05, 4.69) is 20.4 Å². The van der Waals surface area contributed by atoms with Crippen molar-refractivity contribution in [2.45, 2.75) is 19.1 Å². The lowest BCUT2D eigenvalue weighted by atomic mass is 10.1. The largest absolute Gasteiger partial charge is 0.433 e. The summed E-state index contributed by atoms with van der Waals surface area (Å²) < 4.78 is 38.9. The van der Waals surface area contributed by atoms with Crippen LogP contribution in [0.3, 0.4) is 0 Å². The molecule has 0 aromatic carbocycles. The number of hydrogen-bond acceptors (Lipinski definition) is 4. The molecule has 0 radical (unpaired) electrons. The van der Waals surface area contributed by atoms with E-state index in [-0.39, 0.29) is 5.69 Å². The SMILES string of the molecule is C[C@H](NC(=O)c1ccnc2ccnn12)c1ccc(C(F)(F)F)nc1. The van der Waals surface area contributed by atoms with E-state index in [0.29, 0.717) is 11.2 Å². The Morgan fingerprint density at radius 1 is 1.17 bits per heavy atom. The summed E-state index contributed by atoms with van der Waals surface area (Å²) in [6.07, 6.45) is -0.393. The van der Waals surface area contributed by atoms with Gasteiger partial charge in [-0.15, -0.1) is 0 Å². The van der Waals surface area contributed by atoms with Gasteiger partial charge >= 0.3 is 6.18 Å². The Bertz CT molecular complexity index is 873. The Hall–Kier alpha value is -2.97. The van der Waals surface area contributed by atoms with Gasteiger partial charge in [0.25, 0.3) is 5.91 Å². The van der Waals surface area contributed by atoms with Crippen LogP contribution in [0.1, 0.15) is 34.7 Å². The summed E-state index contributed by atoms with van der Waals surface area (Å²) in [4.78, 5) is 19.8. The maximum Gasteiger partial charge on any atom is 0.433 e. The quantitative estimate of drug-likeness (QED) is 0.799. The number of rotatable bonds is 3. The summed E-state index contributed by atoms with van der Waals surface area (Å²) in [6, 6.07) is 4.81. The molecule has 0 fully saturated rings. The van der Waals surface area contributed by atoms with Gasteiger partial charge in [0.2, 0.25) is 0 Å². The molecule has 3 rings (SSSR count). The van der Waals surface area contributed by atoms with Gasteiger partial charge in [-0.1, -0.05) is 6.07 Å². The third-order valence-corrected chi connectivity index (χ3v) is 3.45. The minimum atomic E-state index is -4.49. The second-order valence-corrected chi connectivity index (χ2v) is 5.10. The predicted octanol–water partition coefficient (Wildman–Crippen LogP) is 2.63. The van der Waals surface area contributed by atoms with E-state index < -0.39 is 23.8 Å². The average Bonchev–Trinajstić information content (AvgIpc) is 3.02. The van der Waals surface area contributed by atoms with Crippen LogP contribution in [0.25, 0.3) is 5.65 Å². The zero-order valence-corrected chi connectivity index (χ0v) is 12.4. The molecular formula is C15H12F3N5O. The maximum absolute atomic E-state index is 12.5. The van der Waals surface area contributed by atoms with Crippen molar-refractivity contribution < 1.29 is 18.0 Å². The standard InChI is InChI=1S/C15H12F3N5O/c1-9(10-2-3-12(20-8-10)15(16,17)18)22-14(24)11-4-6-19-13-5-7-21-23(11)13/h2-9H,1H3,(H,22,24)/t9-/m0/s1. The summed E-state index contributed by atoms with van der Waals surface area (Å²) in [5.41, 5.74) is 0.280. The van der Waals surface area contributed by atoms with Crippen molar-refractivity contribution in [3.63, 3.8) is 0 Å². The van der Waals surface area contributed by atoms with Gasteiger partial charge in [0.15, 0.2) is 5.65 Å². The molecule has 1 amide bonds. The second-order valence-electron chi connectivity index (χ2n) is 5.10. The molecule has 0 aliphatic heterocycles. The van der Waals surface area contributed by atoms with Crippen LogP contribution in [-0.2, 0) is 6.18 Å². The number of pyridine rings is 1. The topological polar surface area (TPSA) is 72.2 Å². The van der Waals surface area contributed by atoms with E-state index in [4.69, 9.17) is 0 Å². The van der Waals surface area contributed by atoms with Gasteiger partial charge < -0.3 is 5.32 Å². The van der Waals surface area contributed by atoms with Crippen LogP contribution in [0.2, 0.25) is 0 Å². The molecule has 0 bridgehead atoms. The summed E-state index contributed by atoms with van der Waals surface area (Å²) in [6.45, 7) is 1.66. The lowest BCUT2D eigenvalue weighted by Gasteiger charge is -2.15. The fraction of sp³-hybridized carbons (Fsp3) is 0.200. The van der Waals surface area contributed by atoms with Gasteiger partial charge in [-0.3, -0.25) is 9.78 Å². The molecule has 3 aromatic rings. The Morgan fingerprint density at radius 3 is 2.62 bits per heavy atom. The Balaban J connectivity index is 1.78. The molecule has 0 aliphatic rings. The van der Waals surface area contributed by atoms with E-state index >= 15 is 0 Å². The maximum atomic E-state index is 12.5. The number of alkyl halides is 3. The molecule has 0 saturated heterocycles. The first-order chi connectivity index (χ1) is 11.4. The van der Waals surface area contributed by atoms with E-state index in [0.717, 1.165) is 12.3 Å². The minimum absolute atomic E-state index is 0.275. The van der Waals surface area contributed by atoms with Gasteiger partial charge in [0.1, 0.15) is 11.4 Å². The number of nitrogens with zero attached hydrogens (tertiary/aromatic N) is 4. The molecule has 3 heterocycles. The van der Waals surface area contributed by atoms with Crippen molar-refractivity contribution in [1.82, 2.24) is 24.9 Å². The van der Waals surface area contributed by atoms with E-state index in [1.54, 1.807) is 13.0 Å².